The average molecular weight is 786 g/mol. The van der Waals surface area contributed by atoms with Gasteiger partial charge in [0, 0.05) is 35.6 Å². The van der Waals surface area contributed by atoms with Crippen LogP contribution >= 0.6 is 0 Å². The number of carbonyl (C=O) groups excluding carboxylic acids is 4. The van der Waals surface area contributed by atoms with Crippen LogP contribution in [-0.4, -0.2) is 83.2 Å². The molecular formula is C42H51N5O8S. The summed E-state index contributed by atoms with van der Waals surface area (Å²) in [5, 5.41) is 4.89. The van der Waals surface area contributed by atoms with Crippen molar-refractivity contribution < 1.29 is 37.1 Å². The van der Waals surface area contributed by atoms with E-state index in [2.05, 4.69) is 21.9 Å². The number of hydrogen-bond donors (Lipinski definition) is 3. The van der Waals surface area contributed by atoms with Crippen LogP contribution in [0.2, 0.25) is 0 Å². The third-order valence-corrected chi connectivity index (χ3v) is 11.9. The smallest absolute Gasteiger partial charge is 0.408 e. The molecule has 298 valence electrons. The Morgan fingerprint density at radius 2 is 1.50 bits per heavy atom. The maximum atomic E-state index is 14.6. The van der Waals surface area contributed by atoms with Gasteiger partial charge < -0.3 is 25.0 Å². The Hall–Kier alpha value is -5.24. The van der Waals surface area contributed by atoms with Gasteiger partial charge in [0.05, 0.1) is 23.2 Å². The van der Waals surface area contributed by atoms with Gasteiger partial charge in [0.25, 0.3) is 5.91 Å². The maximum absolute atomic E-state index is 14.6. The van der Waals surface area contributed by atoms with Crippen molar-refractivity contribution in [1.29, 1.82) is 0 Å². The van der Waals surface area contributed by atoms with Crippen LogP contribution in [0.4, 0.5) is 4.79 Å². The number of rotatable bonds is 12. The number of nitrogens with zero attached hydrogens (tertiary/aromatic N) is 2. The van der Waals surface area contributed by atoms with Gasteiger partial charge in [-0.15, -0.1) is 6.58 Å². The molecule has 1 saturated heterocycles. The lowest BCUT2D eigenvalue weighted by atomic mass is 9.85. The topological polar surface area (TPSA) is 173 Å². The summed E-state index contributed by atoms with van der Waals surface area (Å²) in [4.78, 5) is 61.9. The summed E-state index contributed by atoms with van der Waals surface area (Å²) < 4.78 is 39.8. The maximum Gasteiger partial charge on any atom is 0.408 e. The Labute approximate surface area is 328 Å². The van der Waals surface area contributed by atoms with Gasteiger partial charge in [-0.2, -0.15) is 0 Å². The minimum atomic E-state index is -3.91. The molecule has 0 spiro atoms. The Morgan fingerprint density at radius 1 is 0.929 bits per heavy atom. The summed E-state index contributed by atoms with van der Waals surface area (Å²) in [6.07, 6.45) is 1.08. The van der Waals surface area contributed by atoms with Crippen LogP contribution in [0.15, 0.2) is 85.5 Å². The van der Waals surface area contributed by atoms with Crippen LogP contribution in [0.3, 0.4) is 0 Å². The number of sulfonamides is 1. The number of hydrogen-bond acceptors (Lipinski definition) is 9. The van der Waals surface area contributed by atoms with Gasteiger partial charge in [-0.05, 0) is 45.4 Å². The first-order chi connectivity index (χ1) is 26.3. The third-order valence-electron chi connectivity index (χ3n) is 10.1. The van der Waals surface area contributed by atoms with Crippen LogP contribution in [0.1, 0.15) is 67.2 Å². The van der Waals surface area contributed by atoms with Crippen molar-refractivity contribution in [3.63, 3.8) is 0 Å². The van der Waals surface area contributed by atoms with E-state index in [0.29, 0.717) is 30.0 Å². The second-order valence-corrected chi connectivity index (χ2v) is 18.9. The number of ether oxygens (including phenoxy) is 2. The molecule has 14 heteroatoms. The molecule has 0 radical (unpaired) electrons. The zero-order valence-electron chi connectivity index (χ0n) is 32.7. The second kappa shape index (κ2) is 15.4. The lowest BCUT2D eigenvalue weighted by molar-refractivity contribution is -0.143. The highest BCUT2D eigenvalue weighted by Crippen LogP contribution is 2.45. The predicted octanol–water partition coefficient (Wildman–Crippen LogP) is 5.37. The molecule has 1 aliphatic heterocycles. The lowest BCUT2D eigenvalue weighted by Gasteiger charge is -2.36. The fourth-order valence-corrected chi connectivity index (χ4v) is 8.28. The lowest BCUT2D eigenvalue weighted by Crippen LogP contribution is -2.60. The van der Waals surface area contributed by atoms with E-state index >= 15 is 0 Å². The summed E-state index contributed by atoms with van der Waals surface area (Å²) in [6, 6.07) is 20.6. The normalized spacial score (nSPS) is 22.7. The Morgan fingerprint density at radius 3 is 1.98 bits per heavy atom. The molecule has 2 aliphatic carbocycles. The number of alkyl carbamates (subject to hydrolysis) is 1. The quantitative estimate of drug-likeness (QED) is 0.204. The van der Waals surface area contributed by atoms with Crippen LogP contribution < -0.4 is 20.1 Å². The molecular weight excluding hydrogens is 735 g/mol. The molecule has 3 N–H and O–H groups in total. The molecule has 56 heavy (non-hydrogen) atoms. The number of amides is 4. The number of benzene rings is 2. The molecule has 0 unspecified atom stereocenters. The fraction of sp³-hybridized carbons (Fsp3) is 0.452. The average Bonchev–Trinajstić information content (AvgIpc) is 4.06. The van der Waals surface area contributed by atoms with Crippen LogP contribution in [-0.2, 0) is 29.1 Å². The first kappa shape index (κ1) is 40.4. The van der Waals surface area contributed by atoms with E-state index in [1.165, 1.54) is 11.0 Å². The molecule has 3 fully saturated rings. The van der Waals surface area contributed by atoms with E-state index in [1.807, 2.05) is 72.8 Å². The molecule has 4 amide bonds. The highest BCUT2D eigenvalue weighted by Gasteiger charge is 2.62. The largest absolute Gasteiger partial charge is 0.488 e. The highest BCUT2D eigenvalue weighted by molar-refractivity contribution is 7.91. The second-order valence-electron chi connectivity index (χ2n) is 16.9. The molecule has 2 heterocycles. The van der Waals surface area contributed by atoms with Gasteiger partial charge in [-0.3, -0.25) is 19.1 Å². The minimum Gasteiger partial charge on any atom is -0.488 e. The standard InChI is InChI=1S/C42H51N5O8S/c1-8-28-24-42(28,38(50)46-56(52,53)31-19-20-31)45-36(48)34-23-30(25-47(34)37(49)35(40(2,3)4)44-39(51)55-41(5,6)7)54-29-21-32(26-15-11-9-12-16-26)43-33(22-29)27-17-13-10-14-18-27/h8-18,21-22,28,30-31,34-35H,1,19-20,23-25H2,2-7H3,(H,44,51)(H,45,48)(H,46,50)/t28-,30-,34+,35-,42-/m1/s1. The summed E-state index contributed by atoms with van der Waals surface area (Å²) in [5.41, 5.74) is -0.162. The fourth-order valence-electron chi connectivity index (χ4n) is 6.91. The predicted molar refractivity (Wildman–Crippen MR) is 212 cm³/mol. The minimum absolute atomic E-state index is 0.0291. The molecule has 5 atom stereocenters. The van der Waals surface area contributed by atoms with Crippen molar-refractivity contribution in [3.05, 3.63) is 85.5 Å². The van der Waals surface area contributed by atoms with Gasteiger partial charge in [-0.25, -0.2) is 18.2 Å². The molecule has 6 rings (SSSR count). The van der Waals surface area contributed by atoms with E-state index in [-0.39, 0.29) is 19.4 Å². The number of aromatic nitrogens is 1. The van der Waals surface area contributed by atoms with E-state index in [0.717, 1.165) is 11.1 Å². The third kappa shape index (κ3) is 9.23. The molecule has 13 nitrogen and oxygen atoms in total. The number of likely N-dealkylation sites (tertiary alicyclic amines) is 1. The van der Waals surface area contributed by atoms with E-state index < -0.39 is 79.7 Å². The van der Waals surface area contributed by atoms with Crippen molar-refractivity contribution in [2.45, 2.75) is 102 Å². The molecule has 3 aromatic rings. The van der Waals surface area contributed by atoms with Gasteiger partial charge in [0.15, 0.2) is 0 Å². The zero-order valence-corrected chi connectivity index (χ0v) is 33.5. The van der Waals surface area contributed by atoms with Gasteiger partial charge >= 0.3 is 6.09 Å². The zero-order chi connectivity index (χ0) is 40.6. The van der Waals surface area contributed by atoms with E-state index in [4.69, 9.17) is 14.5 Å². The monoisotopic (exact) mass is 785 g/mol. The van der Waals surface area contributed by atoms with Crippen LogP contribution in [0.5, 0.6) is 5.75 Å². The van der Waals surface area contributed by atoms with Gasteiger partial charge in [0.1, 0.15) is 35.1 Å². The van der Waals surface area contributed by atoms with Crippen molar-refractivity contribution >= 4 is 33.8 Å². The summed E-state index contributed by atoms with van der Waals surface area (Å²) in [5.74, 6) is -2.12. The van der Waals surface area contributed by atoms with Crippen LogP contribution in [0.25, 0.3) is 22.5 Å². The van der Waals surface area contributed by atoms with Crippen molar-refractivity contribution in [2.24, 2.45) is 11.3 Å². The van der Waals surface area contributed by atoms with Crippen molar-refractivity contribution in [1.82, 2.24) is 25.2 Å². The number of pyridine rings is 1. The summed E-state index contributed by atoms with van der Waals surface area (Å²) >= 11 is 0. The molecule has 3 aliphatic rings. The number of carbonyl (C=O) groups is 4. The van der Waals surface area contributed by atoms with E-state index in [9.17, 15) is 27.6 Å². The van der Waals surface area contributed by atoms with Gasteiger partial charge in [-0.1, -0.05) is 87.5 Å². The highest BCUT2D eigenvalue weighted by atomic mass is 32.2. The number of nitrogens with one attached hydrogen (secondary N) is 3. The first-order valence-corrected chi connectivity index (χ1v) is 20.4. The molecule has 0 bridgehead atoms. The molecule has 2 aromatic carbocycles. The van der Waals surface area contributed by atoms with Crippen molar-refractivity contribution in [2.75, 3.05) is 6.54 Å². The molecule has 2 saturated carbocycles. The molecule has 1 aromatic heterocycles. The van der Waals surface area contributed by atoms with Gasteiger partial charge in [0.2, 0.25) is 21.8 Å². The first-order valence-electron chi connectivity index (χ1n) is 18.9. The summed E-state index contributed by atoms with van der Waals surface area (Å²) in [6.45, 7) is 14.3. The Balaban J connectivity index is 1.32. The van der Waals surface area contributed by atoms with E-state index in [1.54, 1.807) is 41.5 Å². The van der Waals surface area contributed by atoms with Crippen LogP contribution in [0, 0.1) is 11.3 Å². The Kier molecular flexibility index (Phi) is 11.1. The summed E-state index contributed by atoms with van der Waals surface area (Å²) in [7, 11) is -3.91. The van der Waals surface area contributed by atoms with Crippen molar-refractivity contribution in [3.8, 4) is 28.3 Å². The SMILES string of the molecule is C=C[C@@H]1C[C@]1(NC(=O)[C@@H]1C[C@@H](Oc2cc(-c3ccccc3)nc(-c3ccccc3)c2)CN1C(=O)[C@@H](NC(=O)OC(C)(C)C)C(C)(C)C)C(=O)NS(=O)(=O)C1CC1. The Bertz CT molecular complexity index is 2040.